The van der Waals surface area contributed by atoms with Gasteiger partial charge in [0, 0.05) is 32.3 Å². The maximum absolute atomic E-state index is 5.08. The molecular weight excluding hydrogens is 140 g/mol. The molecule has 0 aromatic heterocycles. The molecule has 1 fully saturated rings. The highest BCUT2D eigenvalue weighted by atomic mass is 16.5. The Balaban J connectivity index is 2.08. The maximum Gasteiger partial charge on any atom is 0.0615 e. The maximum atomic E-state index is 5.08. The van der Waals surface area contributed by atoms with Crippen molar-refractivity contribution in [3.8, 4) is 0 Å². The van der Waals surface area contributed by atoms with Gasteiger partial charge in [-0.2, -0.15) is 0 Å². The zero-order chi connectivity index (χ0) is 8.10. The van der Waals surface area contributed by atoms with Crippen molar-refractivity contribution >= 4 is 0 Å². The van der Waals surface area contributed by atoms with Crippen LogP contribution >= 0.6 is 0 Å². The third kappa shape index (κ3) is 2.77. The zero-order valence-corrected chi connectivity index (χ0v) is 7.39. The minimum Gasteiger partial charge on any atom is -0.383 e. The molecule has 3 nitrogen and oxygen atoms in total. The van der Waals surface area contributed by atoms with Gasteiger partial charge in [0.25, 0.3) is 0 Å². The Hall–Kier alpha value is -0.120. The van der Waals surface area contributed by atoms with E-state index in [1.807, 2.05) is 0 Å². The molecule has 0 spiro atoms. The van der Waals surface area contributed by atoms with Gasteiger partial charge in [-0.25, -0.2) is 0 Å². The Morgan fingerprint density at radius 1 is 1.64 bits per heavy atom. The first-order valence-corrected chi connectivity index (χ1v) is 4.32. The van der Waals surface area contributed by atoms with Crippen molar-refractivity contribution in [2.24, 2.45) is 0 Å². The van der Waals surface area contributed by atoms with Gasteiger partial charge in [0.15, 0.2) is 0 Å². The average molecular weight is 158 g/mol. The highest BCUT2D eigenvalue weighted by Crippen LogP contribution is 1.97. The molecule has 1 atom stereocenters. The quantitative estimate of drug-likeness (QED) is 0.589. The highest BCUT2D eigenvalue weighted by molar-refractivity contribution is 4.84. The summed E-state index contributed by atoms with van der Waals surface area (Å²) in [5, 5.41) is 6.75. The van der Waals surface area contributed by atoms with Gasteiger partial charge < -0.3 is 15.4 Å². The summed E-state index contributed by atoms with van der Waals surface area (Å²) in [5.74, 6) is 0. The van der Waals surface area contributed by atoms with Crippen molar-refractivity contribution in [2.45, 2.75) is 25.4 Å². The molecule has 0 bridgehead atoms. The van der Waals surface area contributed by atoms with Crippen molar-refractivity contribution in [2.75, 3.05) is 26.8 Å². The van der Waals surface area contributed by atoms with Crippen LogP contribution in [0.5, 0.6) is 0 Å². The molecule has 0 aromatic rings. The summed E-state index contributed by atoms with van der Waals surface area (Å²) in [5.41, 5.74) is 0. The molecule has 0 amide bonds. The van der Waals surface area contributed by atoms with Crippen LogP contribution in [0.15, 0.2) is 0 Å². The average Bonchev–Trinajstić information content (AvgIpc) is 1.94. The van der Waals surface area contributed by atoms with Crippen molar-refractivity contribution in [1.82, 2.24) is 10.6 Å². The van der Waals surface area contributed by atoms with Crippen LogP contribution in [0.2, 0.25) is 0 Å². The molecule has 2 N–H and O–H groups in total. The first kappa shape index (κ1) is 8.97. The molecule has 1 rings (SSSR count). The van der Waals surface area contributed by atoms with Crippen molar-refractivity contribution in [3.63, 3.8) is 0 Å². The lowest BCUT2D eigenvalue weighted by Gasteiger charge is -2.31. The lowest BCUT2D eigenvalue weighted by Crippen LogP contribution is -2.58. The van der Waals surface area contributed by atoms with E-state index in [2.05, 4.69) is 17.6 Å². The summed E-state index contributed by atoms with van der Waals surface area (Å²) in [6, 6.07) is 1.21. The summed E-state index contributed by atoms with van der Waals surface area (Å²) in [7, 11) is 1.75. The summed E-state index contributed by atoms with van der Waals surface area (Å²) in [4.78, 5) is 0. The van der Waals surface area contributed by atoms with Crippen molar-refractivity contribution in [1.29, 1.82) is 0 Å². The molecule has 1 heterocycles. The Morgan fingerprint density at radius 2 is 2.36 bits per heavy atom. The topological polar surface area (TPSA) is 33.3 Å². The number of methoxy groups -OCH3 is 1. The Labute approximate surface area is 68.5 Å². The number of hydrogen-bond donors (Lipinski definition) is 2. The Morgan fingerprint density at radius 3 is 2.73 bits per heavy atom. The second-order valence-electron chi connectivity index (χ2n) is 3.08. The van der Waals surface area contributed by atoms with Crippen LogP contribution in [0.3, 0.4) is 0 Å². The predicted molar refractivity (Wildman–Crippen MR) is 45.7 cm³/mol. The molecule has 1 aliphatic heterocycles. The minimum absolute atomic E-state index is 0.534. The lowest BCUT2D eigenvalue weighted by atomic mass is 10.1. The summed E-state index contributed by atoms with van der Waals surface area (Å²) >= 11 is 0. The second kappa shape index (κ2) is 4.70. The number of nitrogens with one attached hydrogen (secondary N) is 2. The van der Waals surface area contributed by atoms with E-state index < -0.39 is 0 Å². The van der Waals surface area contributed by atoms with Crippen LogP contribution in [0.25, 0.3) is 0 Å². The normalized spacial score (nSPS) is 21.3. The van der Waals surface area contributed by atoms with Crippen molar-refractivity contribution in [3.05, 3.63) is 0 Å². The van der Waals surface area contributed by atoms with Gasteiger partial charge in [0.05, 0.1) is 6.61 Å². The Bertz CT molecular complexity index is 104. The predicted octanol–water partition coefficient (Wildman–Crippen LogP) is -0.0272. The third-order valence-corrected chi connectivity index (χ3v) is 2.11. The highest BCUT2D eigenvalue weighted by Gasteiger charge is 2.19. The van der Waals surface area contributed by atoms with Gasteiger partial charge in [0.1, 0.15) is 0 Å². The molecule has 1 aliphatic rings. The van der Waals surface area contributed by atoms with E-state index in [-0.39, 0.29) is 0 Å². The van der Waals surface area contributed by atoms with E-state index in [0.29, 0.717) is 12.1 Å². The zero-order valence-electron chi connectivity index (χ0n) is 7.39. The van der Waals surface area contributed by atoms with Gasteiger partial charge in [-0.15, -0.1) is 0 Å². The number of rotatable bonds is 5. The first-order valence-electron chi connectivity index (χ1n) is 4.32. The van der Waals surface area contributed by atoms with Gasteiger partial charge >= 0.3 is 0 Å². The van der Waals surface area contributed by atoms with Crippen LogP contribution in [0, 0.1) is 0 Å². The molecule has 0 aromatic carbocycles. The lowest BCUT2D eigenvalue weighted by molar-refractivity contribution is 0.152. The van der Waals surface area contributed by atoms with E-state index in [0.717, 1.165) is 26.1 Å². The third-order valence-electron chi connectivity index (χ3n) is 2.11. The molecule has 0 aliphatic carbocycles. The summed E-state index contributed by atoms with van der Waals surface area (Å²) in [6.45, 7) is 5.23. The molecule has 0 saturated carbocycles. The standard InChI is InChI=1S/C8H18N2O/c1-3-7(6-11-2)10-8-4-9-5-8/h7-10H,3-6H2,1-2H3. The minimum atomic E-state index is 0.534. The van der Waals surface area contributed by atoms with Crippen molar-refractivity contribution < 1.29 is 4.74 Å². The SMILES string of the molecule is CCC(COC)NC1CNC1. The van der Waals surface area contributed by atoms with E-state index in [1.54, 1.807) is 7.11 Å². The van der Waals surface area contributed by atoms with Crippen LogP contribution in [0.1, 0.15) is 13.3 Å². The molecular formula is C8H18N2O. The van der Waals surface area contributed by atoms with E-state index in [4.69, 9.17) is 4.74 Å². The number of hydrogen-bond acceptors (Lipinski definition) is 3. The molecule has 11 heavy (non-hydrogen) atoms. The molecule has 1 saturated heterocycles. The largest absolute Gasteiger partial charge is 0.383 e. The fraction of sp³-hybridized carbons (Fsp3) is 1.00. The summed E-state index contributed by atoms with van der Waals surface area (Å²) in [6.07, 6.45) is 1.14. The monoisotopic (exact) mass is 158 g/mol. The van der Waals surface area contributed by atoms with Gasteiger partial charge in [0.2, 0.25) is 0 Å². The van der Waals surface area contributed by atoms with Crippen LogP contribution < -0.4 is 10.6 Å². The van der Waals surface area contributed by atoms with Crippen LogP contribution in [0.4, 0.5) is 0 Å². The fourth-order valence-electron chi connectivity index (χ4n) is 1.22. The smallest absolute Gasteiger partial charge is 0.0615 e. The second-order valence-corrected chi connectivity index (χ2v) is 3.08. The Kier molecular flexibility index (Phi) is 3.83. The van der Waals surface area contributed by atoms with Gasteiger partial charge in [-0.05, 0) is 6.42 Å². The number of ether oxygens (including phenoxy) is 1. The van der Waals surface area contributed by atoms with Crippen LogP contribution in [-0.2, 0) is 4.74 Å². The molecule has 0 radical (unpaired) electrons. The van der Waals surface area contributed by atoms with E-state index in [9.17, 15) is 0 Å². The van der Waals surface area contributed by atoms with Gasteiger partial charge in [-0.3, -0.25) is 0 Å². The van der Waals surface area contributed by atoms with Gasteiger partial charge in [-0.1, -0.05) is 6.92 Å². The molecule has 1 unspecified atom stereocenters. The molecule has 3 heteroatoms. The van der Waals surface area contributed by atoms with E-state index >= 15 is 0 Å². The first-order chi connectivity index (χ1) is 5.36. The van der Waals surface area contributed by atoms with E-state index in [1.165, 1.54) is 0 Å². The molecule has 66 valence electrons. The van der Waals surface area contributed by atoms with Crippen LogP contribution in [-0.4, -0.2) is 38.9 Å². The fourth-order valence-corrected chi connectivity index (χ4v) is 1.22. The summed E-state index contributed by atoms with van der Waals surface area (Å²) < 4.78 is 5.08.